The van der Waals surface area contributed by atoms with Crippen LogP contribution in [0.3, 0.4) is 0 Å². The van der Waals surface area contributed by atoms with E-state index in [2.05, 4.69) is 50.2 Å². The van der Waals surface area contributed by atoms with Gasteiger partial charge in [-0.15, -0.1) is 35.3 Å². The van der Waals surface area contributed by atoms with Gasteiger partial charge in [0.25, 0.3) is 0 Å². The van der Waals surface area contributed by atoms with E-state index in [-0.39, 0.29) is 24.0 Å². The molecule has 172 valence electrons. The summed E-state index contributed by atoms with van der Waals surface area (Å²) in [6.45, 7) is 6.74. The van der Waals surface area contributed by atoms with E-state index in [9.17, 15) is 0 Å². The van der Waals surface area contributed by atoms with Gasteiger partial charge in [-0.25, -0.2) is 0 Å². The highest BCUT2D eigenvalue weighted by Gasteiger charge is 2.23. The van der Waals surface area contributed by atoms with Gasteiger partial charge >= 0.3 is 0 Å². The van der Waals surface area contributed by atoms with Crippen molar-refractivity contribution in [2.45, 2.75) is 25.5 Å². The Kier molecular flexibility index (Phi) is 13.1. The molecule has 0 saturated carbocycles. The molecule has 1 atom stereocenters. The van der Waals surface area contributed by atoms with Crippen LogP contribution in [0.5, 0.6) is 0 Å². The van der Waals surface area contributed by atoms with Crippen LogP contribution in [0.2, 0.25) is 0 Å². The van der Waals surface area contributed by atoms with E-state index in [1.54, 1.807) is 0 Å². The van der Waals surface area contributed by atoms with Gasteiger partial charge in [0.1, 0.15) is 0 Å². The van der Waals surface area contributed by atoms with Crippen LogP contribution in [0, 0.1) is 0 Å². The molecular weight excluding hydrogens is 523 g/mol. The number of halogens is 1. The van der Waals surface area contributed by atoms with Gasteiger partial charge in [0.15, 0.2) is 5.96 Å². The molecular formula is C23H35IN4O2S. The van der Waals surface area contributed by atoms with E-state index >= 15 is 0 Å². The SMILES string of the molecule is CN=C(NCCCCOCc1ccccc1)NCC(c1cccs1)N1CCOCC1.I. The number of ether oxygens (including phenoxy) is 2. The van der Waals surface area contributed by atoms with Gasteiger partial charge in [-0.2, -0.15) is 0 Å². The van der Waals surface area contributed by atoms with E-state index in [0.717, 1.165) is 64.8 Å². The zero-order chi connectivity index (χ0) is 20.9. The van der Waals surface area contributed by atoms with Crippen LogP contribution in [-0.2, 0) is 16.1 Å². The van der Waals surface area contributed by atoms with Gasteiger partial charge in [-0.3, -0.25) is 9.89 Å². The molecule has 0 amide bonds. The number of unbranched alkanes of at least 4 members (excludes halogenated alkanes) is 1. The largest absolute Gasteiger partial charge is 0.379 e. The number of guanidine groups is 1. The summed E-state index contributed by atoms with van der Waals surface area (Å²) in [6.07, 6.45) is 2.08. The fourth-order valence-corrected chi connectivity index (χ4v) is 4.35. The molecule has 31 heavy (non-hydrogen) atoms. The summed E-state index contributed by atoms with van der Waals surface area (Å²) in [6, 6.07) is 15.0. The lowest BCUT2D eigenvalue weighted by atomic mass is 10.2. The number of morpholine rings is 1. The molecule has 0 bridgehead atoms. The smallest absolute Gasteiger partial charge is 0.191 e. The third-order valence-electron chi connectivity index (χ3n) is 5.16. The average molecular weight is 559 g/mol. The second-order valence-electron chi connectivity index (χ2n) is 7.30. The molecule has 2 aromatic rings. The van der Waals surface area contributed by atoms with Crippen LogP contribution in [0.4, 0.5) is 0 Å². The van der Waals surface area contributed by atoms with Crippen LogP contribution < -0.4 is 10.6 Å². The Morgan fingerprint density at radius 1 is 1.13 bits per heavy atom. The van der Waals surface area contributed by atoms with E-state index in [0.29, 0.717) is 12.6 Å². The van der Waals surface area contributed by atoms with Crippen LogP contribution in [-0.4, -0.2) is 63.9 Å². The monoisotopic (exact) mass is 558 g/mol. The molecule has 1 saturated heterocycles. The molecule has 0 aliphatic carbocycles. The number of nitrogens with one attached hydrogen (secondary N) is 2. The first-order valence-electron chi connectivity index (χ1n) is 10.8. The number of thiophene rings is 1. The molecule has 0 radical (unpaired) electrons. The lowest BCUT2D eigenvalue weighted by molar-refractivity contribution is 0.0177. The Morgan fingerprint density at radius 2 is 1.94 bits per heavy atom. The predicted octanol–water partition coefficient (Wildman–Crippen LogP) is 3.90. The van der Waals surface area contributed by atoms with Crippen molar-refractivity contribution in [2.24, 2.45) is 4.99 Å². The van der Waals surface area contributed by atoms with Crippen molar-refractivity contribution in [3.63, 3.8) is 0 Å². The Morgan fingerprint density at radius 3 is 2.65 bits per heavy atom. The third kappa shape index (κ3) is 9.44. The van der Waals surface area contributed by atoms with Gasteiger partial charge < -0.3 is 20.1 Å². The summed E-state index contributed by atoms with van der Waals surface area (Å²) in [5.74, 6) is 0.856. The zero-order valence-electron chi connectivity index (χ0n) is 18.3. The normalized spacial score (nSPS) is 15.8. The van der Waals surface area contributed by atoms with Crippen molar-refractivity contribution in [3.05, 3.63) is 58.3 Å². The van der Waals surface area contributed by atoms with E-state index < -0.39 is 0 Å². The molecule has 1 fully saturated rings. The Bertz CT molecular complexity index is 724. The van der Waals surface area contributed by atoms with Crippen LogP contribution in [0.25, 0.3) is 0 Å². The summed E-state index contributed by atoms with van der Waals surface area (Å²) in [7, 11) is 1.83. The minimum Gasteiger partial charge on any atom is -0.379 e. The molecule has 8 heteroatoms. The highest BCUT2D eigenvalue weighted by molar-refractivity contribution is 14.0. The molecule has 3 rings (SSSR count). The second-order valence-corrected chi connectivity index (χ2v) is 8.28. The highest BCUT2D eigenvalue weighted by Crippen LogP contribution is 2.25. The predicted molar refractivity (Wildman–Crippen MR) is 140 cm³/mol. The van der Waals surface area contributed by atoms with E-state index in [1.165, 1.54) is 10.4 Å². The summed E-state index contributed by atoms with van der Waals surface area (Å²) >= 11 is 1.81. The summed E-state index contributed by atoms with van der Waals surface area (Å²) in [5, 5.41) is 9.08. The number of aliphatic imine (C=N–C) groups is 1. The average Bonchev–Trinajstić information content (AvgIpc) is 3.33. The molecule has 1 aliphatic heterocycles. The maximum Gasteiger partial charge on any atom is 0.191 e. The first-order valence-corrected chi connectivity index (χ1v) is 11.7. The van der Waals surface area contributed by atoms with E-state index in [4.69, 9.17) is 9.47 Å². The fraction of sp³-hybridized carbons (Fsp3) is 0.522. The minimum atomic E-state index is 0. The van der Waals surface area contributed by atoms with Crippen molar-refractivity contribution in [1.29, 1.82) is 0 Å². The van der Waals surface area contributed by atoms with Crippen molar-refractivity contribution in [3.8, 4) is 0 Å². The van der Waals surface area contributed by atoms with E-state index in [1.807, 2.05) is 36.6 Å². The zero-order valence-corrected chi connectivity index (χ0v) is 21.4. The standard InChI is InChI=1S/C23H34N4O2S.HI/c1-24-23(25-11-5-6-14-29-19-20-8-3-2-4-9-20)26-18-21(22-10-7-17-30-22)27-12-15-28-16-13-27;/h2-4,7-10,17,21H,5-6,11-16,18-19H2,1H3,(H2,24,25,26);1H. The van der Waals surface area contributed by atoms with Crippen molar-refractivity contribution in [2.75, 3.05) is 53.0 Å². The molecule has 1 aliphatic rings. The minimum absolute atomic E-state index is 0. The molecule has 6 nitrogen and oxygen atoms in total. The molecule has 2 heterocycles. The summed E-state index contributed by atoms with van der Waals surface area (Å²) < 4.78 is 11.3. The Balaban J connectivity index is 0.00000341. The quantitative estimate of drug-likeness (QED) is 0.190. The number of rotatable bonds is 11. The highest BCUT2D eigenvalue weighted by atomic mass is 127. The van der Waals surface area contributed by atoms with Gasteiger partial charge in [-0.1, -0.05) is 36.4 Å². The van der Waals surface area contributed by atoms with Crippen molar-refractivity contribution >= 4 is 41.3 Å². The molecule has 1 unspecified atom stereocenters. The van der Waals surface area contributed by atoms with Gasteiger partial charge in [0, 0.05) is 44.7 Å². The Labute approximate surface area is 207 Å². The number of hydrogen-bond acceptors (Lipinski definition) is 5. The third-order valence-corrected chi connectivity index (χ3v) is 6.14. The summed E-state index contributed by atoms with van der Waals surface area (Å²) in [4.78, 5) is 8.27. The fourth-order valence-electron chi connectivity index (χ4n) is 3.49. The van der Waals surface area contributed by atoms with Crippen LogP contribution in [0.1, 0.15) is 29.3 Å². The first kappa shape index (κ1) is 26.1. The summed E-state index contributed by atoms with van der Waals surface area (Å²) in [5.41, 5.74) is 1.22. The molecule has 1 aromatic heterocycles. The lowest BCUT2D eigenvalue weighted by Crippen LogP contribution is -2.46. The van der Waals surface area contributed by atoms with Gasteiger partial charge in [0.2, 0.25) is 0 Å². The van der Waals surface area contributed by atoms with Gasteiger partial charge in [-0.05, 0) is 29.9 Å². The Hall–Kier alpha value is -1.20. The molecule has 0 spiro atoms. The van der Waals surface area contributed by atoms with Crippen LogP contribution >= 0.6 is 35.3 Å². The molecule has 2 N–H and O–H groups in total. The number of hydrogen-bond donors (Lipinski definition) is 2. The van der Waals surface area contributed by atoms with Crippen molar-refractivity contribution in [1.82, 2.24) is 15.5 Å². The van der Waals surface area contributed by atoms with Gasteiger partial charge in [0.05, 0.1) is 25.9 Å². The maximum atomic E-state index is 5.75. The lowest BCUT2D eigenvalue weighted by Gasteiger charge is -2.34. The molecule has 1 aromatic carbocycles. The topological polar surface area (TPSA) is 58.1 Å². The first-order chi connectivity index (χ1) is 14.9. The maximum absolute atomic E-state index is 5.75. The van der Waals surface area contributed by atoms with Crippen molar-refractivity contribution < 1.29 is 9.47 Å². The number of benzene rings is 1. The number of nitrogens with zero attached hydrogens (tertiary/aromatic N) is 2. The second kappa shape index (κ2) is 15.6. The van der Waals surface area contributed by atoms with Crippen LogP contribution in [0.15, 0.2) is 52.8 Å².